The Bertz CT molecular complexity index is 557. The van der Waals surface area contributed by atoms with Crippen molar-refractivity contribution in [2.24, 2.45) is 0 Å². The normalized spacial score (nSPS) is 11.0. The number of pyridine rings is 1. The largest absolute Gasteiger partial charge is 0.253 e. The second-order valence-electron chi connectivity index (χ2n) is 3.14. The van der Waals surface area contributed by atoms with Gasteiger partial charge < -0.3 is 0 Å². The van der Waals surface area contributed by atoms with Crippen LogP contribution in [0, 0.1) is 18.6 Å². The average Bonchev–Trinajstić information content (AvgIpc) is 2.21. The summed E-state index contributed by atoms with van der Waals surface area (Å²) in [5.41, 5.74) is 0.754. The number of fused-ring (bicyclic) bond motifs is 1. The van der Waals surface area contributed by atoms with Crippen LogP contribution in [0.3, 0.4) is 0 Å². The molecule has 15 heavy (non-hydrogen) atoms. The lowest BCUT2D eigenvalue weighted by molar-refractivity contribution is 0.579. The van der Waals surface area contributed by atoms with Gasteiger partial charge in [-0.2, -0.15) is 0 Å². The smallest absolute Gasteiger partial charge is 0.166 e. The van der Waals surface area contributed by atoms with Crippen LogP contribution in [0.5, 0.6) is 0 Å². The van der Waals surface area contributed by atoms with E-state index in [1.807, 2.05) is 0 Å². The van der Waals surface area contributed by atoms with E-state index in [4.69, 9.17) is 11.6 Å². The Kier molecular flexibility index (Phi) is 2.64. The van der Waals surface area contributed by atoms with E-state index in [0.29, 0.717) is 10.6 Å². The first-order valence-corrected chi connectivity index (χ1v) is 5.27. The van der Waals surface area contributed by atoms with Crippen molar-refractivity contribution < 1.29 is 8.78 Å². The van der Waals surface area contributed by atoms with Gasteiger partial charge in [-0.05, 0) is 34.5 Å². The summed E-state index contributed by atoms with van der Waals surface area (Å²) in [4.78, 5) is 3.89. The van der Waals surface area contributed by atoms with Crippen molar-refractivity contribution in [3.05, 3.63) is 39.0 Å². The standard InChI is InChI=1S/C10H5BrClF2N/c1-4-3-15-10-5(8(4)12)2-6(13)7(11)9(10)14/h2-3H,1H3. The van der Waals surface area contributed by atoms with E-state index in [2.05, 4.69) is 20.9 Å². The quantitative estimate of drug-likeness (QED) is 0.662. The predicted octanol–water partition coefficient (Wildman–Crippen LogP) is 4.24. The fourth-order valence-electron chi connectivity index (χ4n) is 1.31. The Labute approximate surface area is 98.2 Å². The van der Waals surface area contributed by atoms with Crippen molar-refractivity contribution in [3.63, 3.8) is 0 Å². The summed E-state index contributed by atoms with van der Waals surface area (Å²) in [6.45, 7) is 1.73. The minimum atomic E-state index is -0.730. The highest BCUT2D eigenvalue weighted by Gasteiger charge is 2.15. The van der Waals surface area contributed by atoms with E-state index in [1.165, 1.54) is 12.3 Å². The highest BCUT2D eigenvalue weighted by atomic mass is 79.9. The second kappa shape index (κ2) is 3.68. The summed E-state index contributed by atoms with van der Waals surface area (Å²) in [5.74, 6) is -1.42. The third-order valence-corrected chi connectivity index (χ3v) is 3.34. The van der Waals surface area contributed by atoms with Crippen molar-refractivity contribution in [1.82, 2.24) is 4.98 Å². The molecule has 0 atom stereocenters. The zero-order valence-corrected chi connectivity index (χ0v) is 9.96. The summed E-state index contributed by atoms with van der Waals surface area (Å²) in [6, 6.07) is 1.17. The van der Waals surface area contributed by atoms with Gasteiger partial charge in [0, 0.05) is 11.6 Å². The Morgan fingerprint density at radius 1 is 1.40 bits per heavy atom. The molecule has 0 fully saturated rings. The van der Waals surface area contributed by atoms with E-state index >= 15 is 0 Å². The molecule has 0 spiro atoms. The molecule has 1 aromatic heterocycles. The van der Waals surface area contributed by atoms with Gasteiger partial charge in [-0.1, -0.05) is 11.6 Å². The third kappa shape index (κ3) is 1.62. The van der Waals surface area contributed by atoms with Crippen molar-refractivity contribution in [2.45, 2.75) is 6.92 Å². The molecule has 0 unspecified atom stereocenters. The topological polar surface area (TPSA) is 12.9 Å². The minimum Gasteiger partial charge on any atom is -0.253 e. The summed E-state index contributed by atoms with van der Waals surface area (Å²) in [5, 5.41) is 0.611. The van der Waals surface area contributed by atoms with Crippen LogP contribution >= 0.6 is 27.5 Å². The van der Waals surface area contributed by atoms with Gasteiger partial charge in [0.2, 0.25) is 0 Å². The van der Waals surface area contributed by atoms with Gasteiger partial charge in [0.15, 0.2) is 5.82 Å². The first-order valence-electron chi connectivity index (χ1n) is 4.10. The minimum absolute atomic E-state index is 0.0684. The third-order valence-electron chi connectivity index (χ3n) is 2.11. The summed E-state index contributed by atoms with van der Waals surface area (Å²) in [6.07, 6.45) is 1.46. The molecule has 2 aromatic rings. The number of rotatable bonds is 0. The van der Waals surface area contributed by atoms with Crippen molar-refractivity contribution in [3.8, 4) is 0 Å². The van der Waals surface area contributed by atoms with Gasteiger partial charge in [-0.25, -0.2) is 8.78 Å². The van der Waals surface area contributed by atoms with Crippen molar-refractivity contribution in [1.29, 1.82) is 0 Å². The Morgan fingerprint density at radius 3 is 2.73 bits per heavy atom. The second-order valence-corrected chi connectivity index (χ2v) is 4.31. The van der Waals surface area contributed by atoms with E-state index in [1.54, 1.807) is 6.92 Å². The molecule has 5 heteroatoms. The Morgan fingerprint density at radius 2 is 2.07 bits per heavy atom. The van der Waals surface area contributed by atoms with Crippen LogP contribution in [0.15, 0.2) is 16.7 Å². The van der Waals surface area contributed by atoms with Crippen LogP contribution in [-0.4, -0.2) is 4.98 Å². The van der Waals surface area contributed by atoms with Crippen LogP contribution in [-0.2, 0) is 0 Å². The van der Waals surface area contributed by atoms with Crippen LogP contribution in [0.4, 0.5) is 8.78 Å². The van der Waals surface area contributed by atoms with Gasteiger partial charge in [0.05, 0.1) is 9.50 Å². The average molecular weight is 293 g/mol. The molecule has 1 heterocycles. The van der Waals surface area contributed by atoms with Gasteiger partial charge >= 0.3 is 0 Å². The fraction of sp³-hybridized carbons (Fsp3) is 0.100. The van der Waals surface area contributed by atoms with Crippen LogP contribution in [0.2, 0.25) is 5.02 Å². The molecule has 0 N–H and O–H groups in total. The summed E-state index contributed by atoms with van der Waals surface area (Å²) in [7, 11) is 0. The first-order chi connectivity index (χ1) is 7.02. The number of aromatic nitrogens is 1. The molecule has 0 bridgehead atoms. The number of aryl methyl sites for hydroxylation is 1. The molecule has 0 radical (unpaired) electrons. The van der Waals surface area contributed by atoms with Gasteiger partial charge in [0.25, 0.3) is 0 Å². The summed E-state index contributed by atoms with van der Waals surface area (Å²) >= 11 is 8.74. The van der Waals surface area contributed by atoms with E-state index in [9.17, 15) is 8.78 Å². The lowest BCUT2D eigenvalue weighted by Crippen LogP contribution is -1.92. The zero-order valence-electron chi connectivity index (χ0n) is 7.61. The first kappa shape index (κ1) is 10.8. The highest BCUT2D eigenvalue weighted by Crippen LogP contribution is 2.31. The van der Waals surface area contributed by atoms with Crippen molar-refractivity contribution in [2.75, 3.05) is 0 Å². The SMILES string of the molecule is Cc1cnc2c(F)c(Br)c(F)cc2c1Cl. The maximum Gasteiger partial charge on any atom is 0.166 e. The maximum absolute atomic E-state index is 13.6. The molecule has 1 aromatic carbocycles. The number of benzene rings is 1. The van der Waals surface area contributed by atoms with Gasteiger partial charge in [0.1, 0.15) is 11.3 Å². The lowest BCUT2D eigenvalue weighted by Gasteiger charge is -2.05. The number of hydrogen-bond donors (Lipinski definition) is 0. The molecule has 0 saturated carbocycles. The van der Waals surface area contributed by atoms with E-state index in [-0.39, 0.29) is 15.4 Å². The van der Waals surface area contributed by atoms with Gasteiger partial charge in [-0.3, -0.25) is 4.98 Å². The number of halogens is 4. The van der Waals surface area contributed by atoms with E-state index < -0.39 is 11.6 Å². The van der Waals surface area contributed by atoms with Crippen LogP contribution in [0.25, 0.3) is 10.9 Å². The molecule has 78 valence electrons. The Hall–Kier alpha value is -0.740. The van der Waals surface area contributed by atoms with Gasteiger partial charge in [-0.15, -0.1) is 0 Å². The molecule has 1 nitrogen and oxygen atoms in total. The molecular formula is C10H5BrClF2N. The zero-order chi connectivity index (χ0) is 11.2. The molecule has 2 rings (SSSR count). The highest BCUT2D eigenvalue weighted by molar-refractivity contribution is 9.10. The summed E-state index contributed by atoms with van der Waals surface area (Å²) < 4.78 is 26.6. The molecule has 0 aliphatic heterocycles. The molecule has 0 amide bonds. The van der Waals surface area contributed by atoms with Crippen LogP contribution in [0.1, 0.15) is 5.56 Å². The fourth-order valence-corrected chi connectivity index (χ4v) is 1.80. The molecule has 0 aliphatic rings. The number of hydrogen-bond acceptors (Lipinski definition) is 1. The maximum atomic E-state index is 13.6. The lowest BCUT2D eigenvalue weighted by atomic mass is 10.1. The molecule has 0 saturated heterocycles. The van der Waals surface area contributed by atoms with Crippen LogP contribution < -0.4 is 0 Å². The monoisotopic (exact) mass is 291 g/mol. The Balaban J connectivity index is 2.98. The number of nitrogens with zero attached hydrogens (tertiary/aromatic N) is 1. The van der Waals surface area contributed by atoms with Crippen molar-refractivity contribution >= 4 is 38.4 Å². The van der Waals surface area contributed by atoms with E-state index in [0.717, 1.165) is 0 Å². The molecular weight excluding hydrogens is 287 g/mol. The molecule has 0 aliphatic carbocycles. The predicted molar refractivity (Wildman–Crippen MR) is 59.1 cm³/mol.